The molecule has 5 nitrogen and oxygen atoms in total. The highest BCUT2D eigenvalue weighted by molar-refractivity contribution is 7.17. The number of rotatable bonds is 5. The molecule has 9 heteroatoms. The lowest BCUT2D eigenvalue weighted by molar-refractivity contribution is -0.138. The molecule has 0 atom stereocenters. The fraction of sp³-hybridized carbons (Fsp3) is 0.368. The lowest BCUT2D eigenvalue weighted by Gasteiger charge is -2.27. The first-order valence-corrected chi connectivity index (χ1v) is 9.83. The Morgan fingerprint density at radius 1 is 1.07 bits per heavy atom. The van der Waals surface area contributed by atoms with Crippen molar-refractivity contribution in [2.45, 2.75) is 19.3 Å². The lowest BCUT2D eigenvalue weighted by atomic mass is 10.1. The standard InChI is InChI=1S/C19H19F3N4OS/c20-19(21,22)14-4-2-1-3-13(14)11-23-12-16-17-15(5-10-28-17)24-18(25-16)26-6-8-27-9-7-26/h1-5,10,23H,6-9,11-12H2. The topological polar surface area (TPSA) is 50.3 Å². The molecule has 2 aromatic heterocycles. The fourth-order valence-corrected chi connectivity index (χ4v) is 4.02. The summed E-state index contributed by atoms with van der Waals surface area (Å²) in [6.07, 6.45) is -4.36. The van der Waals surface area contributed by atoms with Gasteiger partial charge in [-0.3, -0.25) is 0 Å². The van der Waals surface area contributed by atoms with Crippen molar-refractivity contribution in [3.8, 4) is 0 Å². The average molecular weight is 408 g/mol. The zero-order chi connectivity index (χ0) is 19.6. The minimum absolute atomic E-state index is 0.111. The molecule has 1 fully saturated rings. The van der Waals surface area contributed by atoms with E-state index in [2.05, 4.69) is 20.2 Å². The molecule has 1 saturated heterocycles. The second-order valence-corrected chi connectivity index (χ2v) is 7.38. The molecular formula is C19H19F3N4OS. The predicted octanol–water partition coefficient (Wildman–Crippen LogP) is 3.84. The molecule has 0 amide bonds. The summed E-state index contributed by atoms with van der Waals surface area (Å²) in [7, 11) is 0. The molecule has 1 N–H and O–H groups in total. The number of hydrogen-bond donors (Lipinski definition) is 1. The lowest BCUT2D eigenvalue weighted by Crippen LogP contribution is -2.37. The van der Waals surface area contributed by atoms with Crippen LogP contribution in [-0.4, -0.2) is 36.3 Å². The highest BCUT2D eigenvalue weighted by atomic mass is 32.1. The van der Waals surface area contributed by atoms with Gasteiger partial charge in [0.25, 0.3) is 0 Å². The number of alkyl halides is 3. The van der Waals surface area contributed by atoms with Crippen LogP contribution in [-0.2, 0) is 24.0 Å². The molecule has 0 spiro atoms. The van der Waals surface area contributed by atoms with E-state index in [0.717, 1.165) is 35.1 Å². The zero-order valence-electron chi connectivity index (χ0n) is 15.0. The van der Waals surface area contributed by atoms with Crippen LogP contribution in [0, 0.1) is 0 Å². The van der Waals surface area contributed by atoms with Gasteiger partial charge in [0.15, 0.2) is 0 Å². The van der Waals surface area contributed by atoms with Crippen molar-refractivity contribution in [1.29, 1.82) is 0 Å². The summed E-state index contributed by atoms with van der Waals surface area (Å²) >= 11 is 1.53. The van der Waals surface area contributed by atoms with E-state index in [1.165, 1.54) is 23.5 Å². The molecule has 1 aliphatic heterocycles. The van der Waals surface area contributed by atoms with Gasteiger partial charge in [0.05, 0.1) is 34.7 Å². The van der Waals surface area contributed by atoms with Gasteiger partial charge in [-0.2, -0.15) is 13.2 Å². The molecule has 0 saturated carbocycles. The molecule has 3 heterocycles. The Morgan fingerprint density at radius 3 is 2.64 bits per heavy atom. The van der Waals surface area contributed by atoms with E-state index in [1.807, 2.05) is 11.4 Å². The molecule has 1 aromatic carbocycles. The molecule has 0 bridgehead atoms. The highest BCUT2D eigenvalue weighted by Gasteiger charge is 2.32. The van der Waals surface area contributed by atoms with E-state index < -0.39 is 11.7 Å². The number of fused-ring (bicyclic) bond motifs is 1. The molecule has 28 heavy (non-hydrogen) atoms. The van der Waals surface area contributed by atoms with Crippen molar-refractivity contribution in [3.05, 3.63) is 52.5 Å². The van der Waals surface area contributed by atoms with Gasteiger partial charge >= 0.3 is 6.18 Å². The summed E-state index contributed by atoms with van der Waals surface area (Å²) in [5.74, 6) is 0.640. The number of ether oxygens (including phenoxy) is 1. The van der Waals surface area contributed by atoms with E-state index in [1.54, 1.807) is 6.07 Å². The first-order chi connectivity index (χ1) is 13.5. The van der Waals surface area contributed by atoms with Crippen LogP contribution in [0.1, 0.15) is 16.8 Å². The van der Waals surface area contributed by atoms with Crippen molar-refractivity contribution >= 4 is 27.5 Å². The number of hydrogen-bond acceptors (Lipinski definition) is 6. The van der Waals surface area contributed by atoms with Crippen LogP contribution < -0.4 is 10.2 Å². The molecule has 0 aliphatic carbocycles. The van der Waals surface area contributed by atoms with Crippen molar-refractivity contribution in [1.82, 2.24) is 15.3 Å². The molecule has 3 aromatic rings. The Morgan fingerprint density at radius 2 is 1.86 bits per heavy atom. The Balaban J connectivity index is 1.53. The summed E-state index contributed by atoms with van der Waals surface area (Å²) in [5, 5.41) is 5.07. The van der Waals surface area contributed by atoms with Crippen LogP contribution >= 0.6 is 11.3 Å². The van der Waals surface area contributed by atoms with Gasteiger partial charge in [-0.15, -0.1) is 11.3 Å². The van der Waals surface area contributed by atoms with Crippen LogP contribution in [0.25, 0.3) is 10.2 Å². The van der Waals surface area contributed by atoms with Gasteiger partial charge in [-0.05, 0) is 23.1 Å². The summed E-state index contributed by atoms with van der Waals surface area (Å²) < 4.78 is 45.8. The van der Waals surface area contributed by atoms with Crippen molar-refractivity contribution in [2.24, 2.45) is 0 Å². The normalized spacial score (nSPS) is 15.3. The summed E-state index contributed by atoms with van der Waals surface area (Å²) in [4.78, 5) is 11.4. The number of nitrogens with zero attached hydrogens (tertiary/aromatic N) is 3. The minimum atomic E-state index is -4.36. The minimum Gasteiger partial charge on any atom is -0.378 e. The molecule has 0 unspecified atom stereocenters. The van der Waals surface area contributed by atoms with Crippen LogP contribution in [0.5, 0.6) is 0 Å². The van der Waals surface area contributed by atoms with Gasteiger partial charge in [-0.1, -0.05) is 18.2 Å². The van der Waals surface area contributed by atoms with Crippen LogP contribution in [0.3, 0.4) is 0 Å². The number of anilines is 1. The van der Waals surface area contributed by atoms with Crippen LogP contribution in [0.2, 0.25) is 0 Å². The summed E-state index contributed by atoms with van der Waals surface area (Å²) in [5.41, 5.74) is 1.26. The number of benzene rings is 1. The number of nitrogens with one attached hydrogen (secondary N) is 1. The first kappa shape index (κ1) is 19.1. The average Bonchev–Trinajstić information content (AvgIpc) is 3.17. The smallest absolute Gasteiger partial charge is 0.378 e. The Hall–Kier alpha value is -2.23. The van der Waals surface area contributed by atoms with Gasteiger partial charge < -0.3 is 15.0 Å². The molecule has 148 valence electrons. The third-order valence-corrected chi connectivity index (χ3v) is 5.54. The van der Waals surface area contributed by atoms with Crippen LogP contribution in [0.4, 0.5) is 19.1 Å². The fourth-order valence-electron chi connectivity index (χ4n) is 3.20. The van der Waals surface area contributed by atoms with E-state index in [-0.39, 0.29) is 12.1 Å². The van der Waals surface area contributed by atoms with E-state index in [9.17, 15) is 13.2 Å². The SMILES string of the molecule is FC(F)(F)c1ccccc1CNCc1nc(N2CCOCC2)nc2ccsc12. The third kappa shape index (κ3) is 4.11. The summed E-state index contributed by atoms with van der Waals surface area (Å²) in [6.45, 7) is 3.19. The van der Waals surface area contributed by atoms with Crippen molar-refractivity contribution in [2.75, 3.05) is 31.2 Å². The zero-order valence-corrected chi connectivity index (χ0v) is 15.8. The summed E-state index contributed by atoms with van der Waals surface area (Å²) in [6, 6.07) is 7.56. The largest absolute Gasteiger partial charge is 0.416 e. The highest BCUT2D eigenvalue weighted by Crippen LogP contribution is 2.32. The Kier molecular flexibility index (Phi) is 5.47. The molecule has 1 aliphatic rings. The number of halogens is 3. The Labute approximate surface area is 164 Å². The number of aromatic nitrogens is 2. The van der Waals surface area contributed by atoms with E-state index in [0.29, 0.717) is 25.7 Å². The van der Waals surface area contributed by atoms with Crippen molar-refractivity contribution in [3.63, 3.8) is 0 Å². The van der Waals surface area contributed by atoms with Crippen LogP contribution in [0.15, 0.2) is 35.7 Å². The molecular weight excluding hydrogens is 389 g/mol. The van der Waals surface area contributed by atoms with E-state index in [4.69, 9.17) is 4.74 Å². The van der Waals surface area contributed by atoms with Gasteiger partial charge in [-0.25, -0.2) is 9.97 Å². The third-order valence-electron chi connectivity index (χ3n) is 4.59. The second kappa shape index (κ2) is 8.02. The number of morpholine rings is 1. The van der Waals surface area contributed by atoms with Gasteiger partial charge in [0.2, 0.25) is 5.95 Å². The Bertz CT molecular complexity index is 954. The van der Waals surface area contributed by atoms with Gasteiger partial charge in [0.1, 0.15) is 0 Å². The maximum atomic E-state index is 13.2. The van der Waals surface area contributed by atoms with Gasteiger partial charge in [0, 0.05) is 26.2 Å². The quantitative estimate of drug-likeness (QED) is 0.695. The molecule has 0 radical (unpaired) electrons. The first-order valence-electron chi connectivity index (χ1n) is 8.95. The van der Waals surface area contributed by atoms with E-state index >= 15 is 0 Å². The molecule has 4 rings (SSSR count). The maximum absolute atomic E-state index is 13.2. The number of thiophene rings is 1. The second-order valence-electron chi connectivity index (χ2n) is 6.46. The monoisotopic (exact) mass is 408 g/mol. The predicted molar refractivity (Wildman–Crippen MR) is 102 cm³/mol. The maximum Gasteiger partial charge on any atom is 0.416 e. The van der Waals surface area contributed by atoms with Crippen molar-refractivity contribution < 1.29 is 17.9 Å².